The van der Waals surface area contributed by atoms with E-state index in [9.17, 15) is 12.8 Å². The molecule has 0 aliphatic carbocycles. The van der Waals surface area contributed by atoms with Crippen LogP contribution in [0.3, 0.4) is 0 Å². The Balaban J connectivity index is 1.68. The van der Waals surface area contributed by atoms with Gasteiger partial charge in [0.05, 0.1) is 5.75 Å². The van der Waals surface area contributed by atoms with Crippen molar-refractivity contribution in [3.63, 3.8) is 0 Å². The van der Waals surface area contributed by atoms with Gasteiger partial charge in [0.15, 0.2) is 0 Å². The number of nitrogens with one attached hydrogen (secondary N) is 1. The Bertz CT molecular complexity index is 777. The largest absolute Gasteiger partial charge is 0.358 e. The summed E-state index contributed by atoms with van der Waals surface area (Å²) in [5.74, 6) is 0.322. The molecule has 6 heteroatoms. The fourth-order valence-corrected chi connectivity index (χ4v) is 4.93. The van der Waals surface area contributed by atoms with Crippen LogP contribution in [0.1, 0.15) is 44.2 Å². The fourth-order valence-electron chi connectivity index (χ4n) is 3.25. The molecule has 1 aromatic carbocycles. The zero-order valence-electron chi connectivity index (χ0n) is 13.4. The number of aromatic nitrogens is 1. The highest BCUT2D eigenvalue weighted by Gasteiger charge is 2.28. The third kappa shape index (κ3) is 3.58. The van der Waals surface area contributed by atoms with E-state index in [1.165, 1.54) is 12.1 Å². The number of nitrogens with zero attached hydrogens (tertiary/aromatic N) is 1. The van der Waals surface area contributed by atoms with E-state index in [4.69, 9.17) is 0 Å². The van der Waals surface area contributed by atoms with Crippen LogP contribution in [0.25, 0.3) is 10.9 Å². The Kier molecular flexibility index (Phi) is 4.73. The van der Waals surface area contributed by atoms with Crippen LogP contribution in [-0.2, 0) is 10.0 Å². The minimum absolute atomic E-state index is 0.236. The fraction of sp³-hybridized carbons (Fsp3) is 0.529. The highest BCUT2D eigenvalue weighted by Crippen LogP contribution is 2.31. The molecule has 1 aromatic heterocycles. The van der Waals surface area contributed by atoms with Gasteiger partial charge < -0.3 is 4.98 Å². The summed E-state index contributed by atoms with van der Waals surface area (Å²) in [5, 5.41) is 0.873. The van der Waals surface area contributed by atoms with Crippen LogP contribution in [-0.4, -0.2) is 36.5 Å². The third-order valence-corrected chi connectivity index (χ3v) is 6.60. The van der Waals surface area contributed by atoms with Crippen LogP contribution in [0.4, 0.5) is 4.39 Å². The number of piperidine rings is 1. The van der Waals surface area contributed by atoms with Crippen molar-refractivity contribution in [1.29, 1.82) is 0 Å². The van der Waals surface area contributed by atoms with E-state index in [0.29, 0.717) is 19.0 Å². The molecule has 2 heterocycles. The molecule has 0 spiro atoms. The first-order valence-electron chi connectivity index (χ1n) is 8.25. The van der Waals surface area contributed by atoms with E-state index in [-0.39, 0.29) is 11.6 Å². The van der Waals surface area contributed by atoms with E-state index in [1.54, 1.807) is 10.4 Å². The van der Waals surface area contributed by atoms with E-state index >= 15 is 0 Å². The molecule has 1 aliphatic heterocycles. The number of rotatable bonds is 5. The van der Waals surface area contributed by atoms with Gasteiger partial charge in [-0.1, -0.05) is 13.3 Å². The first-order valence-corrected chi connectivity index (χ1v) is 9.86. The van der Waals surface area contributed by atoms with Gasteiger partial charge in [-0.25, -0.2) is 17.1 Å². The molecule has 0 saturated carbocycles. The number of hydrogen-bond acceptors (Lipinski definition) is 2. The summed E-state index contributed by atoms with van der Waals surface area (Å²) in [5.41, 5.74) is 2.01. The second-order valence-electron chi connectivity index (χ2n) is 6.30. The van der Waals surface area contributed by atoms with E-state index in [0.717, 1.165) is 42.3 Å². The predicted molar refractivity (Wildman–Crippen MR) is 90.5 cm³/mol. The molecule has 3 rings (SSSR count). The van der Waals surface area contributed by atoms with Gasteiger partial charge in [-0.3, -0.25) is 0 Å². The number of sulfonamides is 1. The quantitative estimate of drug-likeness (QED) is 0.905. The van der Waals surface area contributed by atoms with Gasteiger partial charge in [-0.15, -0.1) is 0 Å². The number of fused-ring (bicyclic) bond motifs is 1. The average molecular weight is 338 g/mol. The van der Waals surface area contributed by atoms with Gasteiger partial charge in [-0.2, -0.15) is 0 Å². The van der Waals surface area contributed by atoms with Crippen molar-refractivity contribution in [1.82, 2.24) is 9.29 Å². The summed E-state index contributed by atoms with van der Waals surface area (Å²) in [7, 11) is -3.11. The maximum absolute atomic E-state index is 13.3. The lowest BCUT2D eigenvalue weighted by atomic mass is 9.95. The average Bonchev–Trinajstić information content (AvgIpc) is 2.96. The second kappa shape index (κ2) is 6.61. The van der Waals surface area contributed by atoms with E-state index in [1.807, 2.05) is 13.0 Å². The van der Waals surface area contributed by atoms with Crippen LogP contribution >= 0.6 is 0 Å². The zero-order chi connectivity index (χ0) is 16.4. The lowest BCUT2D eigenvalue weighted by molar-refractivity contribution is 0.317. The summed E-state index contributed by atoms with van der Waals surface area (Å²) in [6.07, 6.45) is 3.22. The van der Waals surface area contributed by atoms with E-state index in [2.05, 4.69) is 4.98 Å². The number of halogens is 1. The SMILES string of the molecule is CCCCS(=O)(=O)N1CCC(c2cc3cc(F)ccc3[nH]2)CC1. The summed E-state index contributed by atoms with van der Waals surface area (Å²) in [6.45, 7) is 3.14. The Morgan fingerprint density at radius 1 is 1.26 bits per heavy atom. The van der Waals surface area contributed by atoms with Crippen molar-refractivity contribution in [3.05, 3.63) is 35.8 Å². The number of unbranched alkanes of at least 4 members (excludes halogenated alkanes) is 1. The monoisotopic (exact) mass is 338 g/mol. The summed E-state index contributed by atoms with van der Waals surface area (Å²) in [4.78, 5) is 3.35. The summed E-state index contributed by atoms with van der Waals surface area (Å²) < 4.78 is 39.4. The minimum atomic E-state index is -3.11. The molecule has 0 radical (unpaired) electrons. The number of benzene rings is 1. The zero-order valence-corrected chi connectivity index (χ0v) is 14.2. The van der Waals surface area contributed by atoms with Crippen LogP contribution < -0.4 is 0 Å². The lowest BCUT2D eigenvalue weighted by Crippen LogP contribution is -2.39. The maximum atomic E-state index is 13.3. The highest BCUT2D eigenvalue weighted by atomic mass is 32.2. The molecule has 0 bridgehead atoms. The third-order valence-electron chi connectivity index (χ3n) is 4.65. The first-order chi connectivity index (χ1) is 11.0. The van der Waals surface area contributed by atoms with Gasteiger partial charge >= 0.3 is 0 Å². The standard InChI is InChI=1S/C17H23FN2O2S/c1-2-3-10-23(21,22)20-8-6-13(7-9-20)17-12-14-11-15(18)4-5-16(14)19-17/h4-5,11-13,19H,2-3,6-10H2,1H3. The number of hydrogen-bond donors (Lipinski definition) is 1. The van der Waals surface area contributed by atoms with Crippen molar-refractivity contribution >= 4 is 20.9 Å². The molecule has 4 nitrogen and oxygen atoms in total. The molecular weight excluding hydrogens is 315 g/mol. The van der Waals surface area contributed by atoms with Gasteiger partial charge in [0, 0.05) is 35.6 Å². The Labute approximate surface area is 136 Å². The van der Waals surface area contributed by atoms with Crippen LogP contribution in [0.2, 0.25) is 0 Å². The van der Waals surface area contributed by atoms with Crippen molar-refractivity contribution in [2.24, 2.45) is 0 Å². The Morgan fingerprint density at radius 3 is 2.70 bits per heavy atom. The van der Waals surface area contributed by atoms with Crippen LogP contribution in [0.15, 0.2) is 24.3 Å². The highest BCUT2D eigenvalue weighted by molar-refractivity contribution is 7.89. The molecule has 2 aromatic rings. The Morgan fingerprint density at radius 2 is 2.00 bits per heavy atom. The molecule has 0 atom stereocenters. The van der Waals surface area contributed by atoms with Gasteiger partial charge in [0.2, 0.25) is 10.0 Å². The van der Waals surface area contributed by atoms with Crippen LogP contribution in [0, 0.1) is 5.82 Å². The number of aromatic amines is 1. The summed E-state index contributed by atoms with van der Waals surface area (Å²) in [6, 6.07) is 6.72. The van der Waals surface area contributed by atoms with Crippen LogP contribution in [0.5, 0.6) is 0 Å². The molecule has 126 valence electrons. The predicted octanol–water partition coefficient (Wildman–Crippen LogP) is 3.62. The normalized spacial score (nSPS) is 17.8. The van der Waals surface area contributed by atoms with Crippen molar-refractivity contribution in [2.45, 2.75) is 38.5 Å². The molecule has 1 fully saturated rings. The molecule has 1 N–H and O–H groups in total. The minimum Gasteiger partial charge on any atom is -0.358 e. The van der Waals surface area contributed by atoms with E-state index < -0.39 is 10.0 Å². The maximum Gasteiger partial charge on any atom is 0.214 e. The smallest absolute Gasteiger partial charge is 0.214 e. The van der Waals surface area contributed by atoms with Crippen molar-refractivity contribution in [2.75, 3.05) is 18.8 Å². The lowest BCUT2D eigenvalue weighted by Gasteiger charge is -2.30. The first kappa shape index (κ1) is 16.5. The summed E-state index contributed by atoms with van der Waals surface area (Å²) >= 11 is 0. The molecular formula is C17H23FN2O2S. The van der Waals surface area contributed by atoms with Gasteiger partial charge in [0.1, 0.15) is 5.82 Å². The van der Waals surface area contributed by atoms with Crippen molar-refractivity contribution < 1.29 is 12.8 Å². The van der Waals surface area contributed by atoms with Crippen molar-refractivity contribution in [3.8, 4) is 0 Å². The number of H-pyrrole nitrogens is 1. The van der Waals surface area contributed by atoms with Gasteiger partial charge in [0.25, 0.3) is 0 Å². The molecule has 0 unspecified atom stereocenters. The molecule has 1 saturated heterocycles. The molecule has 1 aliphatic rings. The topological polar surface area (TPSA) is 53.2 Å². The Hall–Kier alpha value is -1.40. The second-order valence-corrected chi connectivity index (χ2v) is 8.39. The molecule has 0 amide bonds. The van der Waals surface area contributed by atoms with Gasteiger partial charge in [-0.05, 0) is 43.5 Å². The molecule has 23 heavy (non-hydrogen) atoms.